The van der Waals surface area contributed by atoms with Gasteiger partial charge in [-0.2, -0.15) is 0 Å². The van der Waals surface area contributed by atoms with E-state index in [1.807, 2.05) is 0 Å². The highest BCUT2D eigenvalue weighted by atomic mass is 35.5. The quantitative estimate of drug-likeness (QED) is 0.792. The number of nitrogens with one attached hydrogen (secondary N) is 1. The van der Waals surface area contributed by atoms with Gasteiger partial charge in [0.1, 0.15) is 5.82 Å². The van der Waals surface area contributed by atoms with Crippen molar-refractivity contribution < 1.29 is 12.8 Å². The molecule has 2 fully saturated rings. The molecule has 1 aromatic carbocycles. The molecule has 8 heteroatoms. The first-order chi connectivity index (χ1) is 12.3. The van der Waals surface area contributed by atoms with Gasteiger partial charge in [-0.05, 0) is 32.0 Å². The van der Waals surface area contributed by atoms with E-state index in [1.165, 1.54) is 12.1 Å². The molecule has 1 saturated carbocycles. The molecule has 0 atom stereocenters. The highest BCUT2D eigenvalue weighted by molar-refractivity contribution is 7.88. The molecule has 1 aliphatic carbocycles. The van der Waals surface area contributed by atoms with E-state index in [2.05, 4.69) is 21.6 Å². The zero-order valence-electron chi connectivity index (χ0n) is 15.2. The van der Waals surface area contributed by atoms with Crippen LogP contribution in [0.1, 0.15) is 31.2 Å². The normalized spacial score (nSPS) is 22.0. The van der Waals surface area contributed by atoms with Gasteiger partial charge in [-0.25, -0.2) is 17.5 Å². The molecule has 26 heavy (non-hydrogen) atoms. The van der Waals surface area contributed by atoms with Crippen molar-refractivity contribution in [1.29, 1.82) is 0 Å². The summed E-state index contributed by atoms with van der Waals surface area (Å²) in [7, 11) is -1.50. The third kappa shape index (κ3) is 4.75. The Hall–Kier alpha value is -0.730. The van der Waals surface area contributed by atoms with Crippen LogP contribution < -0.4 is 4.72 Å². The number of hydrogen-bond donors (Lipinski definition) is 1. The van der Waals surface area contributed by atoms with Crippen LogP contribution in [0.5, 0.6) is 0 Å². The first kappa shape index (κ1) is 20.0. The Balaban J connectivity index is 1.66. The summed E-state index contributed by atoms with van der Waals surface area (Å²) >= 11 is 5.74. The van der Waals surface area contributed by atoms with Crippen molar-refractivity contribution in [2.24, 2.45) is 0 Å². The Morgan fingerprint density at radius 2 is 1.85 bits per heavy atom. The lowest BCUT2D eigenvalue weighted by Gasteiger charge is -2.45. The number of piperazine rings is 1. The van der Waals surface area contributed by atoms with Crippen LogP contribution in [-0.2, 0) is 15.8 Å². The second-order valence-corrected chi connectivity index (χ2v) is 9.78. The van der Waals surface area contributed by atoms with Crippen molar-refractivity contribution in [1.82, 2.24) is 14.5 Å². The topological polar surface area (TPSA) is 52.6 Å². The zero-order valence-corrected chi connectivity index (χ0v) is 16.8. The summed E-state index contributed by atoms with van der Waals surface area (Å²) in [6.45, 7) is 4.33. The second-order valence-electron chi connectivity index (χ2n) is 7.54. The van der Waals surface area contributed by atoms with Gasteiger partial charge < -0.3 is 4.90 Å². The summed E-state index contributed by atoms with van der Waals surface area (Å²) in [6.07, 6.45) is 4.27. The molecule has 5 nitrogen and oxygen atoms in total. The van der Waals surface area contributed by atoms with E-state index in [4.69, 9.17) is 11.6 Å². The van der Waals surface area contributed by atoms with Crippen LogP contribution in [-0.4, -0.2) is 63.5 Å². The van der Waals surface area contributed by atoms with Crippen LogP contribution in [0.3, 0.4) is 0 Å². The minimum absolute atomic E-state index is 0.104. The molecule has 1 aromatic rings. The Morgan fingerprint density at radius 1 is 1.19 bits per heavy atom. The number of benzene rings is 1. The predicted octanol–water partition coefficient (Wildman–Crippen LogP) is 2.46. The largest absolute Gasteiger partial charge is 0.304 e. The van der Waals surface area contributed by atoms with Gasteiger partial charge in [0.2, 0.25) is 10.0 Å². The van der Waals surface area contributed by atoms with E-state index in [0.717, 1.165) is 57.9 Å². The molecule has 0 aromatic heterocycles. The molecule has 3 rings (SSSR count). The average Bonchev–Trinajstić information content (AvgIpc) is 3.07. The van der Waals surface area contributed by atoms with Gasteiger partial charge in [0.15, 0.2) is 0 Å². The average molecular weight is 404 g/mol. The number of sulfonamides is 1. The first-order valence-corrected chi connectivity index (χ1v) is 11.2. The van der Waals surface area contributed by atoms with Gasteiger partial charge >= 0.3 is 0 Å². The number of halogens is 2. The van der Waals surface area contributed by atoms with Crippen LogP contribution in [0.2, 0.25) is 5.02 Å². The minimum Gasteiger partial charge on any atom is -0.304 e. The fraction of sp³-hybridized carbons (Fsp3) is 0.667. The summed E-state index contributed by atoms with van der Waals surface area (Å²) in [5.74, 6) is -0.952. The smallest absolute Gasteiger partial charge is 0.215 e. The zero-order chi connectivity index (χ0) is 18.8. The van der Waals surface area contributed by atoms with Gasteiger partial charge in [0.25, 0.3) is 0 Å². The van der Waals surface area contributed by atoms with Crippen LogP contribution in [0.15, 0.2) is 18.2 Å². The van der Waals surface area contributed by atoms with Crippen LogP contribution in [0, 0.1) is 5.82 Å². The minimum atomic E-state index is -3.62. The van der Waals surface area contributed by atoms with Crippen molar-refractivity contribution in [3.05, 3.63) is 34.6 Å². The number of likely N-dealkylation sites (N-methyl/N-ethyl adjacent to an activating group) is 1. The lowest BCUT2D eigenvalue weighted by Crippen LogP contribution is -2.59. The van der Waals surface area contributed by atoms with Gasteiger partial charge in [-0.15, -0.1) is 0 Å². The SMILES string of the molecule is CN1CCN(C2(CNS(=O)(=O)Cc3ccc(Cl)cc3F)CCCC2)CC1. The maximum atomic E-state index is 13.9. The Kier molecular flexibility index (Phi) is 6.24. The van der Waals surface area contributed by atoms with E-state index < -0.39 is 15.8 Å². The molecule has 1 N–H and O–H groups in total. The Morgan fingerprint density at radius 3 is 2.46 bits per heavy atom. The molecule has 0 bridgehead atoms. The molecule has 0 unspecified atom stereocenters. The predicted molar refractivity (Wildman–Crippen MR) is 102 cm³/mol. The third-order valence-electron chi connectivity index (χ3n) is 5.69. The molecule has 1 heterocycles. The first-order valence-electron chi connectivity index (χ1n) is 9.15. The number of rotatable bonds is 6. The van der Waals surface area contributed by atoms with E-state index in [0.29, 0.717) is 6.54 Å². The van der Waals surface area contributed by atoms with Crippen molar-refractivity contribution in [2.45, 2.75) is 37.0 Å². The van der Waals surface area contributed by atoms with Crippen LogP contribution in [0.4, 0.5) is 4.39 Å². The summed E-state index contributed by atoms with van der Waals surface area (Å²) in [4.78, 5) is 4.75. The Bertz CT molecular complexity index is 730. The van der Waals surface area contributed by atoms with E-state index in [-0.39, 0.29) is 21.9 Å². The molecule has 1 saturated heterocycles. The maximum Gasteiger partial charge on any atom is 0.215 e. The third-order valence-corrected chi connectivity index (χ3v) is 7.20. The fourth-order valence-corrected chi connectivity index (χ4v) is 5.45. The fourth-order valence-electron chi connectivity index (χ4n) is 4.06. The molecule has 0 amide bonds. The highest BCUT2D eigenvalue weighted by Crippen LogP contribution is 2.35. The van der Waals surface area contributed by atoms with Gasteiger partial charge in [0, 0.05) is 48.8 Å². The van der Waals surface area contributed by atoms with Gasteiger partial charge in [-0.1, -0.05) is 30.5 Å². The van der Waals surface area contributed by atoms with Crippen molar-refractivity contribution in [3.63, 3.8) is 0 Å². The molecule has 0 radical (unpaired) electrons. The van der Waals surface area contributed by atoms with Crippen LogP contribution >= 0.6 is 11.6 Å². The number of nitrogens with zero attached hydrogens (tertiary/aromatic N) is 2. The lowest BCUT2D eigenvalue weighted by atomic mass is 9.94. The highest BCUT2D eigenvalue weighted by Gasteiger charge is 2.41. The van der Waals surface area contributed by atoms with Crippen molar-refractivity contribution in [2.75, 3.05) is 39.8 Å². The molecule has 146 valence electrons. The van der Waals surface area contributed by atoms with Crippen LogP contribution in [0.25, 0.3) is 0 Å². The van der Waals surface area contributed by atoms with Gasteiger partial charge in [-0.3, -0.25) is 4.90 Å². The maximum absolute atomic E-state index is 13.9. The van der Waals surface area contributed by atoms with E-state index >= 15 is 0 Å². The molecular formula is C18H27ClFN3O2S. The Labute approximate surface area is 160 Å². The molecule has 1 aliphatic heterocycles. The molecule has 2 aliphatic rings. The summed E-state index contributed by atoms with van der Waals surface area (Å²) in [5, 5.41) is 0.261. The molecule has 0 spiro atoms. The van der Waals surface area contributed by atoms with Gasteiger partial charge in [0.05, 0.1) is 5.75 Å². The summed E-state index contributed by atoms with van der Waals surface area (Å²) in [5.41, 5.74) is 0.0364. The van der Waals surface area contributed by atoms with Crippen molar-refractivity contribution in [3.8, 4) is 0 Å². The summed E-state index contributed by atoms with van der Waals surface area (Å²) < 4.78 is 41.8. The lowest BCUT2D eigenvalue weighted by molar-refractivity contribution is 0.0461. The van der Waals surface area contributed by atoms with E-state index in [9.17, 15) is 12.8 Å². The monoisotopic (exact) mass is 403 g/mol. The summed E-state index contributed by atoms with van der Waals surface area (Å²) in [6, 6.07) is 4.09. The van der Waals surface area contributed by atoms with Crippen molar-refractivity contribution >= 4 is 21.6 Å². The van der Waals surface area contributed by atoms with E-state index in [1.54, 1.807) is 0 Å². The standard InChI is InChI=1S/C18H27ClFN3O2S/c1-22-8-10-23(11-9-22)18(6-2-3-7-18)14-21-26(24,25)13-15-4-5-16(19)12-17(15)20/h4-5,12,21H,2-3,6-11,13-14H2,1H3. The number of hydrogen-bond acceptors (Lipinski definition) is 4. The second kappa shape index (κ2) is 8.10. The molecular weight excluding hydrogens is 377 g/mol.